The van der Waals surface area contributed by atoms with E-state index in [1.165, 1.54) is 6.07 Å². The molecule has 10 heteroatoms. The van der Waals surface area contributed by atoms with E-state index in [0.29, 0.717) is 0 Å². The normalized spacial score (nSPS) is 21.5. The van der Waals surface area contributed by atoms with Gasteiger partial charge < -0.3 is 0 Å². The molecule has 0 fully saturated rings. The largest absolute Gasteiger partial charge is 0.523 e. The Balaban J connectivity index is 3.09. The highest BCUT2D eigenvalue weighted by molar-refractivity contribution is 8.21. The van der Waals surface area contributed by atoms with E-state index in [1.54, 1.807) is 6.07 Å². The maximum Gasteiger partial charge on any atom is 0.523 e. The van der Waals surface area contributed by atoms with Crippen LogP contribution in [0.1, 0.15) is 0 Å². The lowest BCUT2D eigenvalue weighted by Gasteiger charge is -2.20. The molecule has 0 bridgehead atoms. The van der Waals surface area contributed by atoms with Crippen molar-refractivity contribution in [1.82, 2.24) is 0 Å². The third-order valence-electron chi connectivity index (χ3n) is 1.60. The summed E-state index contributed by atoms with van der Waals surface area (Å²) in [5.41, 5.74) is -1.36. The summed E-state index contributed by atoms with van der Waals surface area (Å²) in [4.78, 5) is -0.406. The van der Waals surface area contributed by atoms with Crippen molar-refractivity contribution < 1.29 is 25.2 Å². The summed E-state index contributed by atoms with van der Waals surface area (Å²) in [5, 5.41) is 17.1. The standard InChI is InChI=1S/C8H3F3N2O3S2/c9-8(10,11)18(14,15)16-17-5-6(3-12)1-2-7(17)4-13/h17H,5H2. The SMILES string of the molecule is N#CC1=C=C=C(C#N)[SH](OS(=O)(=O)C(F)(F)F)C1. The molecule has 1 aliphatic heterocycles. The van der Waals surface area contributed by atoms with Gasteiger partial charge in [0.05, 0.1) is 5.57 Å². The second-order valence-corrected chi connectivity index (χ2v) is 6.30. The molecule has 1 unspecified atom stereocenters. The van der Waals surface area contributed by atoms with Crippen LogP contribution in [-0.4, -0.2) is 19.7 Å². The molecule has 0 saturated heterocycles. The van der Waals surface area contributed by atoms with Gasteiger partial charge in [-0.05, 0) is 5.73 Å². The highest BCUT2D eigenvalue weighted by Gasteiger charge is 2.49. The minimum Gasteiger partial charge on any atom is -0.210 e. The third kappa shape index (κ3) is 2.96. The zero-order valence-electron chi connectivity index (χ0n) is 8.32. The molecule has 18 heavy (non-hydrogen) atoms. The van der Waals surface area contributed by atoms with Gasteiger partial charge in [0, 0.05) is 5.75 Å². The van der Waals surface area contributed by atoms with Crippen LogP contribution in [0.15, 0.2) is 21.9 Å². The lowest BCUT2D eigenvalue weighted by molar-refractivity contribution is -0.0494. The van der Waals surface area contributed by atoms with E-state index in [2.05, 4.69) is 15.1 Å². The van der Waals surface area contributed by atoms with E-state index >= 15 is 0 Å². The molecule has 1 heterocycles. The smallest absolute Gasteiger partial charge is 0.210 e. The average molecular weight is 296 g/mol. The Labute approximate surface area is 103 Å². The van der Waals surface area contributed by atoms with E-state index in [0.717, 1.165) is 0 Å². The zero-order chi connectivity index (χ0) is 14.0. The molecule has 96 valence electrons. The molecule has 0 aromatic rings. The second kappa shape index (κ2) is 4.91. The summed E-state index contributed by atoms with van der Waals surface area (Å²) in [5.74, 6) is -0.420. The maximum atomic E-state index is 12.1. The number of hydrogen-bond acceptors (Lipinski definition) is 5. The van der Waals surface area contributed by atoms with Crippen LogP contribution in [0.25, 0.3) is 0 Å². The lowest BCUT2D eigenvalue weighted by Crippen LogP contribution is -2.25. The van der Waals surface area contributed by atoms with Crippen molar-refractivity contribution in [2.75, 3.05) is 5.75 Å². The van der Waals surface area contributed by atoms with Crippen LogP contribution in [0.4, 0.5) is 13.2 Å². The third-order valence-corrected chi connectivity index (χ3v) is 4.98. The van der Waals surface area contributed by atoms with Crippen molar-refractivity contribution in [3.05, 3.63) is 21.9 Å². The van der Waals surface area contributed by atoms with Gasteiger partial charge in [-0.15, -0.1) is 0 Å². The molecule has 0 amide bonds. The van der Waals surface area contributed by atoms with Gasteiger partial charge in [-0.3, -0.25) is 0 Å². The fourth-order valence-electron chi connectivity index (χ4n) is 0.831. The lowest BCUT2D eigenvalue weighted by atomic mass is 10.3. The summed E-state index contributed by atoms with van der Waals surface area (Å²) < 4.78 is 61.8. The molecule has 5 nitrogen and oxygen atoms in total. The molecule has 0 spiro atoms. The van der Waals surface area contributed by atoms with Gasteiger partial charge in [-0.25, -0.2) is 3.63 Å². The number of rotatable bonds is 2. The van der Waals surface area contributed by atoms with Crippen molar-refractivity contribution >= 4 is 21.3 Å². The van der Waals surface area contributed by atoms with E-state index in [-0.39, 0.29) is 5.57 Å². The number of nitrogens with zero attached hydrogens (tertiary/aromatic N) is 2. The van der Waals surface area contributed by atoms with Crippen LogP contribution in [0, 0.1) is 22.7 Å². The van der Waals surface area contributed by atoms with Gasteiger partial charge in [-0.1, -0.05) is 16.9 Å². The van der Waals surface area contributed by atoms with Crippen molar-refractivity contribution in [2.24, 2.45) is 0 Å². The summed E-state index contributed by atoms with van der Waals surface area (Å²) >= 11 is -2.42. The predicted molar refractivity (Wildman–Crippen MR) is 55.2 cm³/mol. The van der Waals surface area contributed by atoms with Crippen molar-refractivity contribution in [2.45, 2.75) is 5.51 Å². The first-order valence-electron chi connectivity index (χ1n) is 4.04. The predicted octanol–water partition coefficient (Wildman–Crippen LogP) is 1.39. The molecule has 0 aliphatic carbocycles. The van der Waals surface area contributed by atoms with Crippen LogP contribution in [0.2, 0.25) is 0 Å². The molecule has 0 saturated carbocycles. The summed E-state index contributed by atoms with van der Waals surface area (Å²) in [6, 6.07) is 3.05. The van der Waals surface area contributed by atoms with E-state index < -0.39 is 37.5 Å². The van der Waals surface area contributed by atoms with Gasteiger partial charge in [-0.2, -0.15) is 32.1 Å². The Kier molecular flexibility index (Phi) is 3.92. The van der Waals surface area contributed by atoms with Crippen LogP contribution in [0.3, 0.4) is 0 Å². The molecular formula is C8H3F3N2O3S2. The summed E-state index contributed by atoms with van der Waals surface area (Å²) in [6.07, 6.45) is 0. The van der Waals surface area contributed by atoms with Gasteiger partial charge in [0.15, 0.2) is 0 Å². The molecule has 1 atom stereocenters. The average Bonchev–Trinajstić information content (AvgIpc) is 2.26. The number of nitriles is 2. The minimum atomic E-state index is -5.81. The maximum absolute atomic E-state index is 12.1. The Morgan fingerprint density at radius 3 is 2.33 bits per heavy atom. The number of allylic oxidation sites excluding steroid dienone is 1. The number of thiol groups is 1. The highest BCUT2D eigenvalue weighted by atomic mass is 32.3. The van der Waals surface area contributed by atoms with Gasteiger partial charge in [0.2, 0.25) is 0 Å². The molecule has 1 aliphatic rings. The fraction of sp³-hybridized carbons (Fsp3) is 0.250. The number of halogens is 3. The molecule has 1 rings (SSSR count). The first kappa shape index (κ1) is 14.4. The quantitative estimate of drug-likeness (QED) is 0.472. The van der Waals surface area contributed by atoms with Crippen LogP contribution in [-0.2, 0) is 13.7 Å². The first-order valence-corrected chi connectivity index (χ1v) is 6.90. The van der Waals surface area contributed by atoms with Crippen molar-refractivity contribution in [1.29, 1.82) is 10.5 Å². The van der Waals surface area contributed by atoms with Gasteiger partial charge >= 0.3 is 15.6 Å². The van der Waals surface area contributed by atoms with Crippen LogP contribution >= 0.6 is 11.2 Å². The minimum absolute atomic E-state index is 0.127. The Morgan fingerprint density at radius 1 is 1.28 bits per heavy atom. The number of hydrogen-bond donors (Lipinski definition) is 1. The van der Waals surface area contributed by atoms with E-state index in [1.807, 2.05) is 0 Å². The number of alkyl halides is 3. The molecule has 0 aromatic heterocycles. The topological polar surface area (TPSA) is 90.9 Å². The molecular weight excluding hydrogens is 293 g/mol. The second-order valence-electron chi connectivity index (χ2n) is 2.81. The first-order chi connectivity index (χ1) is 8.21. The fourth-order valence-corrected chi connectivity index (χ4v) is 3.51. The van der Waals surface area contributed by atoms with Gasteiger partial charge in [0.1, 0.15) is 17.0 Å². The van der Waals surface area contributed by atoms with Crippen molar-refractivity contribution in [3.8, 4) is 12.1 Å². The van der Waals surface area contributed by atoms with Crippen molar-refractivity contribution in [3.63, 3.8) is 0 Å². The Morgan fingerprint density at radius 2 is 1.89 bits per heavy atom. The van der Waals surface area contributed by atoms with Crippen LogP contribution in [0.5, 0.6) is 0 Å². The van der Waals surface area contributed by atoms with E-state index in [4.69, 9.17) is 10.5 Å². The molecule has 0 N–H and O–H groups in total. The Bertz CT molecular complexity index is 653. The Hall–Kier alpha value is -1.67. The molecule has 0 radical (unpaired) electrons. The van der Waals surface area contributed by atoms with E-state index in [9.17, 15) is 21.6 Å². The zero-order valence-corrected chi connectivity index (χ0v) is 10.0. The summed E-state index contributed by atoms with van der Waals surface area (Å²) in [6.45, 7) is 0. The van der Waals surface area contributed by atoms with Crippen LogP contribution < -0.4 is 0 Å². The van der Waals surface area contributed by atoms with Gasteiger partial charge in [0.25, 0.3) is 0 Å². The monoisotopic (exact) mass is 296 g/mol. The highest BCUT2D eigenvalue weighted by Crippen LogP contribution is 2.43. The molecule has 0 aromatic carbocycles. The summed E-state index contributed by atoms with van der Waals surface area (Å²) in [7, 11) is -5.81.